The number of carbonyl (C=O) groups excluding carboxylic acids is 2. The van der Waals surface area contributed by atoms with E-state index in [1.165, 1.54) is 0 Å². The van der Waals surface area contributed by atoms with Gasteiger partial charge in [-0.05, 0) is 19.3 Å². The van der Waals surface area contributed by atoms with Gasteiger partial charge in [-0.2, -0.15) is 0 Å². The van der Waals surface area contributed by atoms with Gasteiger partial charge in [-0.3, -0.25) is 4.79 Å². The fraction of sp³-hybridized carbons (Fsp3) is 0.688. The first kappa shape index (κ1) is 17.3. The summed E-state index contributed by atoms with van der Waals surface area (Å²) in [7, 11) is 0. The van der Waals surface area contributed by atoms with Gasteiger partial charge >= 0.3 is 6.03 Å². The quantitative estimate of drug-likeness (QED) is 0.862. The molecule has 7 heteroatoms. The Morgan fingerprint density at radius 2 is 1.96 bits per heavy atom. The molecule has 0 bridgehead atoms. The summed E-state index contributed by atoms with van der Waals surface area (Å²) in [6.07, 6.45) is 3.13. The number of hydrogen-bond donors (Lipinski definition) is 2. The van der Waals surface area contributed by atoms with E-state index in [0.29, 0.717) is 19.6 Å². The van der Waals surface area contributed by atoms with E-state index < -0.39 is 0 Å². The zero-order valence-corrected chi connectivity index (χ0v) is 14.1. The highest BCUT2D eigenvalue weighted by Crippen LogP contribution is 2.15. The van der Waals surface area contributed by atoms with Gasteiger partial charge in [-0.15, -0.1) is 0 Å². The molecule has 128 valence electrons. The van der Waals surface area contributed by atoms with Crippen molar-refractivity contribution in [2.24, 2.45) is 0 Å². The van der Waals surface area contributed by atoms with E-state index in [2.05, 4.69) is 15.8 Å². The van der Waals surface area contributed by atoms with Crippen LogP contribution in [0.2, 0.25) is 0 Å². The molecule has 1 aromatic heterocycles. The number of rotatable bonds is 5. The minimum Gasteiger partial charge on any atom is -0.361 e. The van der Waals surface area contributed by atoms with Crippen molar-refractivity contribution >= 4 is 11.9 Å². The SMILES string of the molecule is CCc1noc(CC)c1CNC(=O)NC1CCN(C(C)=O)CC1. The van der Waals surface area contributed by atoms with E-state index in [-0.39, 0.29) is 18.0 Å². The van der Waals surface area contributed by atoms with Gasteiger partial charge in [0.25, 0.3) is 0 Å². The first-order valence-corrected chi connectivity index (χ1v) is 8.31. The number of aryl methyl sites for hydroxylation is 2. The lowest BCUT2D eigenvalue weighted by atomic mass is 10.1. The summed E-state index contributed by atoms with van der Waals surface area (Å²) in [6.45, 7) is 7.43. The number of amides is 3. The van der Waals surface area contributed by atoms with Gasteiger partial charge < -0.3 is 20.1 Å². The van der Waals surface area contributed by atoms with Crippen LogP contribution in [0.1, 0.15) is 50.6 Å². The number of aromatic nitrogens is 1. The fourth-order valence-corrected chi connectivity index (χ4v) is 2.88. The predicted molar refractivity (Wildman–Crippen MR) is 85.9 cm³/mol. The number of urea groups is 1. The molecule has 2 N–H and O–H groups in total. The van der Waals surface area contributed by atoms with E-state index in [9.17, 15) is 9.59 Å². The third-order valence-electron chi connectivity index (χ3n) is 4.31. The second-order valence-corrected chi connectivity index (χ2v) is 5.85. The topological polar surface area (TPSA) is 87.5 Å². The van der Waals surface area contributed by atoms with Gasteiger partial charge in [-0.1, -0.05) is 19.0 Å². The maximum absolute atomic E-state index is 12.1. The average Bonchev–Trinajstić information content (AvgIpc) is 2.95. The first-order valence-electron chi connectivity index (χ1n) is 8.31. The van der Waals surface area contributed by atoms with Crippen LogP contribution in [-0.4, -0.2) is 41.1 Å². The van der Waals surface area contributed by atoms with E-state index in [1.807, 2.05) is 18.7 Å². The Morgan fingerprint density at radius 3 is 2.52 bits per heavy atom. The van der Waals surface area contributed by atoms with Gasteiger partial charge in [0.2, 0.25) is 5.91 Å². The van der Waals surface area contributed by atoms with Gasteiger partial charge in [-0.25, -0.2) is 4.79 Å². The summed E-state index contributed by atoms with van der Waals surface area (Å²) >= 11 is 0. The highest BCUT2D eigenvalue weighted by atomic mass is 16.5. The monoisotopic (exact) mass is 322 g/mol. The van der Waals surface area contributed by atoms with Crippen molar-refractivity contribution < 1.29 is 14.1 Å². The molecular weight excluding hydrogens is 296 g/mol. The Labute approximate surface area is 136 Å². The van der Waals surface area contributed by atoms with Crippen LogP contribution in [0.4, 0.5) is 4.79 Å². The van der Waals surface area contributed by atoms with Crippen LogP contribution in [0, 0.1) is 0 Å². The lowest BCUT2D eigenvalue weighted by molar-refractivity contribution is -0.129. The third-order valence-corrected chi connectivity index (χ3v) is 4.31. The highest BCUT2D eigenvalue weighted by Gasteiger charge is 2.22. The minimum atomic E-state index is -0.184. The summed E-state index contributed by atoms with van der Waals surface area (Å²) in [5.74, 6) is 0.927. The molecule has 0 unspecified atom stereocenters. The lowest BCUT2D eigenvalue weighted by Gasteiger charge is -2.31. The maximum Gasteiger partial charge on any atom is 0.315 e. The van der Waals surface area contributed by atoms with Crippen molar-refractivity contribution in [3.8, 4) is 0 Å². The second kappa shape index (κ2) is 7.99. The van der Waals surface area contributed by atoms with Crippen LogP contribution >= 0.6 is 0 Å². The Balaban J connectivity index is 1.80. The van der Waals surface area contributed by atoms with Gasteiger partial charge in [0, 0.05) is 44.6 Å². The maximum atomic E-state index is 12.1. The van der Waals surface area contributed by atoms with Crippen LogP contribution in [0.5, 0.6) is 0 Å². The second-order valence-electron chi connectivity index (χ2n) is 5.85. The molecule has 2 heterocycles. The average molecular weight is 322 g/mol. The van der Waals surface area contributed by atoms with E-state index in [4.69, 9.17) is 4.52 Å². The van der Waals surface area contributed by atoms with Crippen LogP contribution in [-0.2, 0) is 24.2 Å². The zero-order valence-electron chi connectivity index (χ0n) is 14.1. The van der Waals surface area contributed by atoms with Crippen molar-refractivity contribution in [3.63, 3.8) is 0 Å². The molecule has 0 atom stereocenters. The van der Waals surface area contributed by atoms with Gasteiger partial charge in [0.1, 0.15) is 5.76 Å². The number of carbonyl (C=O) groups is 2. The zero-order chi connectivity index (χ0) is 16.8. The van der Waals surface area contributed by atoms with Crippen molar-refractivity contribution in [1.29, 1.82) is 0 Å². The number of piperidine rings is 1. The van der Waals surface area contributed by atoms with Gasteiger partial charge in [0.05, 0.1) is 5.69 Å². The summed E-state index contributed by atoms with van der Waals surface area (Å²) < 4.78 is 5.29. The number of likely N-dealkylation sites (tertiary alicyclic amines) is 1. The van der Waals surface area contributed by atoms with E-state index in [1.54, 1.807) is 6.92 Å². The Hall–Kier alpha value is -2.05. The standard InChI is InChI=1S/C16H26N4O3/c1-4-14-13(15(5-2)23-19-14)10-17-16(22)18-12-6-8-20(9-7-12)11(3)21/h12H,4-10H2,1-3H3,(H2,17,18,22). The van der Waals surface area contributed by atoms with Crippen LogP contribution < -0.4 is 10.6 Å². The molecule has 1 aliphatic heterocycles. The molecule has 7 nitrogen and oxygen atoms in total. The molecule has 0 spiro atoms. The fourth-order valence-electron chi connectivity index (χ4n) is 2.88. The van der Waals surface area contributed by atoms with Crippen LogP contribution in [0.3, 0.4) is 0 Å². The number of nitrogens with one attached hydrogen (secondary N) is 2. The van der Waals surface area contributed by atoms with Gasteiger partial charge in [0.15, 0.2) is 0 Å². The molecule has 0 saturated carbocycles. The highest BCUT2D eigenvalue weighted by molar-refractivity contribution is 5.75. The normalized spacial score (nSPS) is 15.5. The third kappa shape index (κ3) is 4.46. The Bertz CT molecular complexity index is 526. The van der Waals surface area contributed by atoms with Crippen LogP contribution in [0.15, 0.2) is 4.52 Å². The Kier molecular flexibility index (Phi) is 6.01. The molecule has 0 aromatic carbocycles. The largest absolute Gasteiger partial charge is 0.361 e. The lowest BCUT2D eigenvalue weighted by Crippen LogP contribution is -2.48. The van der Waals surface area contributed by atoms with Crippen molar-refractivity contribution in [3.05, 3.63) is 17.0 Å². The number of nitrogens with zero attached hydrogens (tertiary/aromatic N) is 2. The molecule has 1 aromatic rings. The van der Waals surface area contributed by atoms with Crippen molar-refractivity contribution in [2.45, 2.75) is 59.0 Å². The number of hydrogen-bond acceptors (Lipinski definition) is 4. The minimum absolute atomic E-state index is 0.0968. The van der Waals surface area contributed by atoms with E-state index >= 15 is 0 Å². The predicted octanol–water partition coefficient (Wildman–Crippen LogP) is 1.61. The first-order chi connectivity index (χ1) is 11.0. The summed E-state index contributed by atoms with van der Waals surface area (Å²) in [5, 5.41) is 9.90. The Morgan fingerprint density at radius 1 is 1.26 bits per heavy atom. The smallest absolute Gasteiger partial charge is 0.315 e. The summed E-state index contributed by atoms with van der Waals surface area (Å²) in [4.78, 5) is 25.2. The molecule has 3 amide bonds. The molecule has 0 aliphatic carbocycles. The molecule has 0 radical (unpaired) electrons. The van der Waals surface area contributed by atoms with E-state index in [0.717, 1.165) is 42.7 Å². The summed E-state index contributed by atoms with van der Waals surface area (Å²) in [6, 6.07) is -0.0686. The molecule has 23 heavy (non-hydrogen) atoms. The molecule has 1 saturated heterocycles. The molecule has 1 fully saturated rings. The van der Waals surface area contributed by atoms with Crippen LogP contribution in [0.25, 0.3) is 0 Å². The molecule has 2 rings (SSSR count). The van der Waals surface area contributed by atoms with Crippen molar-refractivity contribution in [2.75, 3.05) is 13.1 Å². The molecular formula is C16H26N4O3. The van der Waals surface area contributed by atoms with Crippen molar-refractivity contribution in [1.82, 2.24) is 20.7 Å². The molecule has 1 aliphatic rings. The summed E-state index contributed by atoms with van der Waals surface area (Å²) in [5.41, 5.74) is 1.88.